The summed E-state index contributed by atoms with van der Waals surface area (Å²) in [5, 5.41) is 13.3. The lowest BCUT2D eigenvalue weighted by Crippen LogP contribution is -2.24. The normalized spacial score (nSPS) is 17.9. The van der Waals surface area contributed by atoms with Crippen molar-refractivity contribution >= 4 is 23.4 Å². The van der Waals surface area contributed by atoms with Crippen molar-refractivity contribution in [2.24, 2.45) is 0 Å². The molecular weight excluding hydrogens is 388 g/mol. The van der Waals surface area contributed by atoms with Crippen LogP contribution in [0.5, 0.6) is 0 Å². The third-order valence-corrected chi connectivity index (χ3v) is 6.08. The van der Waals surface area contributed by atoms with Crippen molar-refractivity contribution in [1.29, 1.82) is 0 Å². The van der Waals surface area contributed by atoms with Crippen LogP contribution < -0.4 is 5.32 Å². The number of nitrogens with zero attached hydrogens (tertiary/aromatic N) is 1. The molecule has 1 fully saturated rings. The zero-order valence-corrected chi connectivity index (χ0v) is 18.0. The van der Waals surface area contributed by atoms with Crippen molar-refractivity contribution in [2.45, 2.75) is 52.3 Å². The maximum absolute atomic E-state index is 10.8. The van der Waals surface area contributed by atoms with Gasteiger partial charge < -0.3 is 15.2 Å². The van der Waals surface area contributed by atoms with Gasteiger partial charge in [0, 0.05) is 30.3 Å². The zero-order valence-electron chi connectivity index (χ0n) is 17.2. The summed E-state index contributed by atoms with van der Waals surface area (Å²) < 4.78 is 4.92. The van der Waals surface area contributed by atoms with E-state index in [0.29, 0.717) is 6.54 Å². The van der Waals surface area contributed by atoms with Crippen LogP contribution in [0, 0.1) is 13.8 Å². The first-order valence-corrected chi connectivity index (χ1v) is 10.5. The van der Waals surface area contributed by atoms with Gasteiger partial charge >= 0.3 is 6.16 Å². The van der Waals surface area contributed by atoms with Crippen LogP contribution >= 0.6 is 11.6 Å². The topological polar surface area (TPSA) is 61.8 Å². The van der Waals surface area contributed by atoms with E-state index in [0.717, 1.165) is 42.2 Å². The number of hydrogen-bond donors (Lipinski definition) is 2. The predicted molar refractivity (Wildman–Crippen MR) is 117 cm³/mol. The number of rotatable bonds is 7. The molecule has 1 aliphatic rings. The minimum atomic E-state index is -1.19. The fourth-order valence-corrected chi connectivity index (χ4v) is 4.04. The average Bonchev–Trinajstić information content (AvgIpc) is 3.11. The number of hydrogen-bond acceptors (Lipinski definition) is 4. The molecule has 1 saturated heterocycles. The van der Waals surface area contributed by atoms with Crippen LogP contribution in [0.2, 0.25) is 5.02 Å². The van der Waals surface area contributed by atoms with Gasteiger partial charge in [-0.3, -0.25) is 4.90 Å². The third kappa shape index (κ3) is 5.43. The fourth-order valence-electron chi connectivity index (χ4n) is 3.92. The minimum Gasteiger partial charge on any atom is -0.450 e. The molecule has 2 N–H and O–H groups in total. The van der Waals surface area contributed by atoms with Gasteiger partial charge in [0.2, 0.25) is 0 Å². The van der Waals surface area contributed by atoms with E-state index in [1.54, 1.807) is 0 Å². The number of anilines is 1. The van der Waals surface area contributed by atoms with Crippen LogP contribution in [0.1, 0.15) is 48.1 Å². The molecule has 2 atom stereocenters. The molecule has 1 aliphatic heterocycles. The summed E-state index contributed by atoms with van der Waals surface area (Å²) in [4.78, 5) is 13.0. The number of ether oxygens (including phenoxy) is 1. The molecule has 1 unspecified atom stereocenters. The smallest absolute Gasteiger partial charge is 0.450 e. The second-order valence-electron chi connectivity index (χ2n) is 7.73. The van der Waals surface area contributed by atoms with Gasteiger partial charge in [0.05, 0.1) is 6.04 Å². The fraction of sp³-hybridized carbons (Fsp3) is 0.435. The van der Waals surface area contributed by atoms with Gasteiger partial charge in [-0.25, -0.2) is 4.79 Å². The van der Waals surface area contributed by atoms with E-state index in [9.17, 15) is 4.79 Å². The van der Waals surface area contributed by atoms with Crippen molar-refractivity contribution in [2.75, 3.05) is 18.4 Å². The Balaban J connectivity index is 1.71. The van der Waals surface area contributed by atoms with Crippen LogP contribution in [0.25, 0.3) is 0 Å². The summed E-state index contributed by atoms with van der Waals surface area (Å²) in [5.41, 5.74) is 5.90. The summed E-state index contributed by atoms with van der Waals surface area (Å²) in [6.45, 7) is 8.62. The lowest BCUT2D eigenvalue weighted by Gasteiger charge is -2.23. The van der Waals surface area contributed by atoms with Crippen LogP contribution in [-0.4, -0.2) is 35.4 Å². The molecule has 5 nitrogen and oxygen atoms in total. The standard InChI is InChI=1S/C23H29ClN2O3/c1-4-21(17-8-9-20(24)15(2)12-17)25-22-7-5-6-18(16(22)3)13-26-11-10-19(14-26)29-23(27)28/h5-9,12,19,21,25H,4,10-11,13-14H2,1-3H3,(H,27,28)/t19-,21?/m1/s1. The Kier molecular flexibility index (Phi) is 7.04. The van der Waals surface area contributed by atoms with E-state index in [1.807, 2.05) is 13.0 Å². The summed E-state index contributed by atoms with van der Waals surface area (Å²) >= 11 is 6.19. The van der Waals surface area contributed by atoms with Crippen molar-refractivity contribution in [3.63, 3.8) is 0 Å². The highest BCUT2D eigenvalue weighted by atomic mass is 35.5. The minimum absolute atomic E-state index is 0.208. The molecule has 0 saturated carbocycles. The van der Waals surface area contributed by atoms with Gasteiger partial charge in [-0.2, -0.15) is 0 Å². The summed E-state index contributed by atoms with van der Waals surface area (Å²) in [5.74, 6) is 0. The largest absolute Gasteiger partial charge is 0.506 e. The SMILES string of the molecule is CCC(Nc1cccc(CN2CC[C@@H](OC(=O)O)C2)c1C)c1ccc(Cl)c(C)c1. The lowest BCUT2D eigenvalue weighted by molar-refractivity contribution is 0.0548. The lowest BCUT2D eigenvalue weighted by atomic mass is 10.00. The highest BCUT2D eigenvalue weighted by Gasteiger charge is 2.26. The number of aryl methyl sites for hydroxylation is 1. The van der Waals surface area contributed by atoms with Crippen LogP contribution in [0.4, 0.5) is 10.5 Å². The number of likely N-dealkylation sites (tertiary alicyclic amines) is 1. The molecular formula is C23H29ClN2O3. The highest BCUT2D eigenvalue weighted by molar-refractivity contribution is 6.31. The zero-order chi connectivity index (χ0) is 21.0. The second-order valence-corrected chi connectivity index (χ2v) is 8.14. The van der Waals surface area contributed by atoms with Crippen molar-refractivity contribution in [3.05, 3.63) is 63.7 Å². The molecule has 0 spiro atoms. The third-order valence-electron chi connectivity index (χ3n) is 5.66. The molecule has 6 heteroatoms. The summed E-state index contributed by atoms with van der Waals surface area (Å²) in [6.07, 6.45) is 0.288. The van der Waals surface area contributed by atoms with E-state index in [2.05, 4.69) is 54.4 Å². The van der Waals surface area contributed by atoms with Gasteiger partial charge in [0.1, 0.15) is 6.10 Å². The van der Waals surface area contributed by atoms with Gasteiger partial charge in [0.25, 0.3) is 0 Å². The first-order valence-electron chi connectivity index (χ1n) is 10.1. The predicted octanol–water partition coefficient (Wildman–Crippen LogP) is 5.79. The number of nitrogens with one attached hydrogen (secondary N) is 1. The van der Waals surface area contributed by atoms with Crippen molar-refractivity contribution in [3.8, 4) is 0 Å². The van der Waals surface area contributed by atoms with Crippen LogP contribution in [0.3, 0.4) is 0 Å². The number of benzene rings is 2. The number of carboxylic acid groups (broad SMARTS) is 1. The molecule has 2 aromatic rings. The Morgan fingerprint density at radius 1 is 1.34 bits per heavy atom. The Bertz CT molecular complexity index is 871. The first-order chi connectivity index (χ1) is 13.9. The van der Waals surface area contributed by atoms with Crippen LogP contribution in [-0.2, 0) is 11.3 Å². The number of carbonyl (C=O) groups is 1. The molecule has 29 heavy (non-hydrogen) atoms. The van der Waals surface area contributed by atoms with Gasteiger partial charge in [-0.15, -0.1) is 0 Å². The van der Waals surface area contributed by atoms with Gasteiger partial charge in [0.15, 0.2) is 0 Å². The van der Waals surface area contributed by atoms with E-state index < -0.39 is 6.16 Å². The molecule has 156 valence electrons. The maximum Gasteiger partial charge on any atom is 0.506 e. The Morgan fingerprint density at radius 3 is 2.83 bits per heavy atom. The molecule has 3 rings (SSSR count). The highest BCUT2D eigenvalue weighted by Crippen LogP contribution is 2.29. The molecule has 0 aromatic heterocycles. The maximum atomic E-state index is 10.8. The second kappa shape index (κ2) is 9.51. The number of halogens is 1. The Hall–Kier alpha value is -2.24. The Morgan fingerprint density at radius 2 is 2.14 bits per heavy atom. The van der Waals surface area contributed by atoms with Gasteiger partial charge in [-0.1, -0.05) is 42.8 Å². The van der Waals surface area contributed by atoms with E-state index >= 15 is 0 Å². The molecule has 1 heterocycles. The first kappa shape index (κ1) is 21.5. The Labute approximate surface area is 177 Å². The molecule has 2 aromatic carbocycles. The molecule has 0 bridgehead atoms. The quantitative estimate of drug-likeness (QED) is 0.559. The van der Waals surface area contributed by atoms with E-state index in [-0.39, 0.29) is 12.1 Å². The summed E-state index contributed by atoms with van der Waals surface area (Å²) in [6, 6.07) is 12.7. The molecule has 0 radical (unpaired) electrons. The van der Waals surface area contributed by atoms with Crippen molar-refractivity contribution < 1.29 is 14.6 Å². The van der Waals surface area contributed by atoms with Crippen molar-refractivity contribution in [1.82, 2.24) is 4.90 Å². The van der Waals surface area contributed by atoms with E-state index in [4.69, 9.17) is 21.4 Å². The van der Waals surface area contributed by atoms with E-state index in [1.165, 1.54) is 16.7 Å². The van der Waals surface area contributed by atoms with Gasteiger partial charge in [-0.05, 0) is 61.1 Å². The monoisotopic (exact) mass is 416 g/mol. The summed E-state index contributed by atoms with van der Waals surface area (Å²) in [7, 11) is 0. The average molecular weight is 417 g/mol. The van der Waals surface area contributed by atoms with Crippen LogP contribution in [0.15, 0.2) is 36.4 Å². The molecule has 0 amide bonds. The molecule has 0 aliphatic carbocycles.